The highest BCUT2D eigenvalue weighted by atomic mass is 32.2. The Morgan fingerprint density at radius 1 is 1.33 bits per heavy atom. The topological polar surface area (TPSA) is 66.5 Å². The first-order chi connectivity index (χ1) is 9.90. The molecule has 3 heterocycles. The van der Waals surface area contributed by atoms with Crippen LogP contribution in [0.25, 0.3) is 0 Å². The van der Waals surface area contributed by atoms with Crippen LogP contribution < -0.4 is 5.32 Å². The first kappa shape index (κ1) is 15.0. The average molecular weight is 328 g/mol. The molecule has 0 unspecified atom stereocenters. The SMILES string of the molecule is CS(=O)(=O)c1cc(C(=O)N2CCC3(CCNCC3)C2)cs1. The van der Waals surface area contributed by atoms with Gasteiger partial charge >= 0.3 is 0 Å². The molecule has 0 aromatic carbocycles. The molecule has 5 nitrogen and oxygen atoms in total. The van der Waals surface area contributed by atoms with Gasteiger partial charge in [0.1, 0.15) is 4.21 Å². The molecule has 2 fully saturated rings. The molecule has 116 valence electrons. The third kappa shape index (κ3) is 3.00. The van der Waals surface area contributed by atoms with E-state index in [0.29, 0.717) is 5.56 Å². The van der Waals surface area contributed by atoms with Crippen LogP contribution in [-0.2, 0) is 9.84 Å². The maximum absolute atomic E-state index is 12.5. The number of amides is 1. The van der Waals surface area contributed by atoms with Gasteiger partial charge in [0, 0.05) is 24.7 Å². The molecular weight excluding hydrogens is 308 g/mol. The van der Waals surface area contributed by atoms with Crippen molar-refractivity contribution in [2.45, 2.75) is 23.5 Å². The molecule has 0 atom stereocenters. The lowest BCUT2D eigenvalue weighted by Gasteiger charge is -2.33. The molecule has 0 bridgehead atoms. The molecular formula is C14H20N2O3S2. The van der Waals surface area contributed by atoms with Gasteiger partial charge in [0.25, 0.3) is 5.91 Å². The highest BCUT2D eigenvalue weighted by molar-refractivity contribution is 7.92. The number of likely N-dealkylation sites (tertiary alicyclic amines) is 1. The van der Waals surface area contributed by atoms with E-state index in [1.165, 1.54) is 12.3 Å². The zero-order valence-corrected chi connectivity index (χ0v) is 13.7. The predicted octanol–water partition coefficient (Wildman–Crippen LogP) is 1.37. The Balaban J connectivity index is 1.73. The van der Waals surface area contributed by atoms with E-state index in [0.717, 1.165) is 56.8 Å². The second-order valence-corrected chi connectivity index (χ2v) is 9.31. The minimum Gasteiger partial charge on any atom is -0.338 e. The number of piperidine rings is 1. The molecule has 1 spiro atoms. The molecule has 0 saturated carbocycles. The minimum absolute atomic E-state index is 0.0310. The summed E-state index contributed by atoms with van der Waals surface area (Å²) in [5.41, 5.74) is 0.780. The van der Waals surface area contributed by atoms with Crippen LogP contribution in [-0.4, -0.2) is 51.7 Å². The fourth-order valence-electron chi connectivity index (χ4n) is 3.28. The maximum Gasteiger partial charge on any atom is 0.254 e. The molecule has 0 radical (unpaired) electrons. The quantitative estimate of drug-likeness (QED) is 0.890. The second-order valence-electron chi connectivity index (χ2n) is 6.15. The summed E-state index contributed by atoms with van der Waals surface area (Å²) in [6.07, 6.45) is 4.47. The maximum atomic E-state index is 12.5. The Morgan fingerprint density at radius 2 is 2.05 bits per heavy atom. The van der Waals surface area contributed by atoms with Crippen LogP contribution in [0.4, 0.5) is 0 Å². The van der Waals surface area contributed by atoms with Crippen LogP contribution in [0.3, 0.4) is 0 Å². The number of thiophene rings is 1. The van der Waals surface area contributed by atoms with E-state index in [-0.39, 0.29) is 15.5 Å². The number of hydrogen-bond acceptors (Lipinski definition) is 5. The standard InChI is InChI=1S/C14H20N2O3S2/c1-21(18,19)12-8-11(9-20-12)13(17)16-7-4-14(10-16)2-5-15-6-3-14/h8-9,15H,2-7,10H2,1H3. The largest absolute Gasteiger partial charge is 0.338 e. The van der Waals surface area contributed by atoms with Gasteiger partial charge in [0.05, 0.1) is 5.56 Å². The third-order valence-corrected chi connectivity index (χ3v) is 7.35. The molecule has 2 saturated heterocycles. The van der Waals surface area contributed by atoms with E-state index in [1.807, 2.05) is 4.90 Å². The van der Waals surface area contributed by atoms with Crippen molar-refractivity contribution in [1.82, 2.24) is 10.2 Å². The van der Waals surface area contributed by atoms with Gasteiger partial charge in [-0.2, -0.15) is 0 Å². The van der Waals surface area contributed by atoms with Crippen molar-refractivity contribution >= 4 is 27.1 Å². The summed E-state index contributed by atoms with van der Waals surface area (Å²) in [5.74, 6) is -0.0310. The van der Waals surface area contributed by atoms with E-state index in [2.05, 4.69) is 5.32 Å². The summed E-state index contributed by atoms with van der Waals surface area (Å²) >= 11 is 1.13. The van der Waals surface area contributed by atoms with Gasteiger partial charge in [-0.1, -0.05) is 0 Å². The highest BCUT2D eigenvalue weighted by Crippen LogP contribution is 2.39. The molecule has 1 aromatic heterocycles. The first-order valence-corrected chi connectivity index (χ1v) is 9.95. The van der Waals surface area contributed by atoms with Gasteiger partial charge in [0.15, 0.2) is 9.84 Å². The molecule has 3 rings (SSSR count). The summed E-state index contributed by atoms with van der Waals surface area (Å²) in [6, 6.07) is 1.51. The summed E-state index contributed by atoms with van der Waals surface area (Å²) in [7, 11) is -3.23. The van der Waals surface area contributed by atoms with Gasteiger partial charge < -0.3 is 10.2 Å². The van der Waals surface area contributed by atoms with E-state index >= 15 is 0 Å². The lowest BCUT2D eigenvalue weighted by molar-refractivity contribution is 0.0762. The number of rotatable bonds is 2. The van der Waals surface area contributed by atoms with Crippen LogP contribution in [0.5, 0.6) is 0 Å². The Morgan fingerprint density at radius 3 is 2.67 bits per heavy atom. The molecule has 1 aromatic rings. The Bertz CT molecular complexity index is 645. The molecule has 2 aliphatic rings. The van der Waals surface area contributed by atoms with Gasteiger partial charge in [-0.05, 0) is 43.8 Å². The van der Waals surface area contributed by atoms with E-state index < -0.39 is 9.84 Å². The zero-order valence-electron chi connectivity index (χ0n) is 12.1. The fourth-order valence-corrected chi connectivity index (χ4v) is 5.07. The molecule has 21 heavy (non-hydrogen) atoms. The number of carbonyl (C=O) groups is 1. The number of nitrogens with zero attached hydrogens (tertiary/aromatic N) is 1. The van der Waals surface area contributed by atoms with E-state index in [9.17, 15) is 13.2 Å². The van der Waals surface area contributed by atoms with Gasteiger partial charge in [-0.3, -0.25) is 4.79 Å². The van der Waals surface area contributed by atoms with E-state index in [1.54, 1.807) is 5.38 Å². The highest BCUT2D eigenvalue weighted by Gasteiger charge is 2.40. The van der Waals surface area contributed by atoms with Crippen molar-refractivity contribution < 1.29 is 13.2 Å². The lowest BCUT2D eigenvalue weighted by atomic mass is 9.78. The van der Waals surface area contributed by atoms with Gasteiger partial charge in [0.2, 0.25) is 0 Å². The Kier molecular flexibility index (Phi) is 3.83. The monoisotopic (exact) mass is 328 g/mol. The van der Waals surface area contributed by atoms with Crippen molar-refractivity contribution in [3.05, 3.63) is 17.0 Å². The summed E-state index contributed by atoms with van der Waals surface area (Å²) in [6.45, 7) is 3.64. The summed E-state index contributed by atoms with van der Waals surface area (Å²) < 4.78 is 23.3. The molecule has 1 amide bonds. The van der Waals surface area contributed by atoms with Crippen LogP contribution in [0.2, 0.25) is 0 Å². The van der Waals surface area contributed by atoms with Gasteiger partial charge in [-0.15, -0.1) is 11.3 Å². The van der Waals surface area contributed by atoms with Crippen LogP contribution >= 0.6 is 11.3 Å². The van der Waals surface area contributed by atoms with Crippen LogP contribution in [0, 0.1) is 5.41 Å². The average Bonchev–Trinajstić information content (AvgIpc) is 3.06. The fraction of sp³-hybridized carbons (Fsp3) is 0.643. The molecule has 1 N–H and O–H groups in total. The van der Waals surface area contributed by atoms with E-state index in [4.69, 9.17) is 0 Å². The van der Waals surface area contributed by atoms with Crippen molar-refractivity contribution in [3.8, 4) is 0 Å². The van der Waals surface area contributed by atoms with Crippen LogP contribution in [0.15, 0.2) is 15.7 Å². The molecule has 2 aliphatic heterocycles. The number of carbonyl (C=O) groups excluding carboxylic acids is 1. The first-order valence-electron chi connectivity index (χ1n) is 7.18. The second kappa shape index (κ2) is 5.37. The van der Waals surface area contributed by atoms with Crippen molar-refractivity contribution in [1.29, 1.82) is 0 Å². The third-order valence-electron chi connectivity index (χ3n) is 4.58. The lowest BCUT2D eigenvalue weighted by Crippen LogP contribution is -2.39. The minimum atomic E-state index is -3.23. The van der Waals surface area contributed by atoms with Crippen molar-refractivity contribution in [2.24, 2.45) is 5.41 Å². The normalized spacial score (nSPS) is 21.9. The number of nitrogens with one attached hydrogen (secondary N) is 1. The smallest absolute Gasteiger partial charge is 0.254 e. The predicted molar refractivity (Wildman–Crippen MR) is 82.5 cm³/mol. The molecule has 7 heteroatoms. The summed E-state index contributed by atoms with van der Waals surface area (Å²) in [4.78, 5) is 14.4. The number of sulfone groups is 1. The zero-order chi connectivity index (χ0) is 15.1. The van der Waals surface area contributed by atoms with Gasteiger partial charge in [-0.25, -0.2) is 8.42 Å². The Hall–Kier alpha value is -0.920. The van der Waals surface area contributed by atoms with Crippen molar-refractivity contribution in [3.63, 3.8) is 0 Å². The Labute approximate surface area is 129 Å². The van der Waals surface area contributed by atoms with Crippen LogP contribution in [0.1, 0.15) is 29.6 Å². The number of hydrogen-bond donors (Lipinski definition) is 1. The molecule has 0 aliphatic carbocycles. The summed E-state index contributed by atoms with van der Waals surface area (Å²) in [5, 5.41) is 5.02. The van der Waals surface area contributed by atoms with Crippen molar-refractivity contribution in [2.75, 3.05) is 32.4 Å².